The lowest BCUT2D eigenvalue weighted by Gasteiger charge is -2.08. The number of hydrogen-bond donors (Lipinski definition) is 1. The van der Waals surface area contributed by atoms with E-state index in [1.807, 2.05) is 13.8 Å². The number of benzene rings is 2. The van der Waals surface area contributed by atoms with Gasteiger partial charge in [0.2, 0.25) is 0 Å². The highest BCUT2D eigenvalue weighted by Crippen LogP contribution is 2.18. The fourth-order valence-electron chi connectivity index (χ4n) is 2.02. The normalized spacial score (nSPS) is 10.3. The third-order valence-corrected chi connectivity index (χ3v) is 3.95. The van der Waals surface area contributed by atoms with E-state index in [-0.39, 0.29) is 11.9 Å². The molecule has 0 fully saturated rings. The molecule has 0 aliphatic heterocycles. The average molecular weight is 346 g/mol. The Kier molecular flexibility index (Phi) is 6.38. The summed E-state index contributed by atoms with van der Waals surface area (Å²) in [7, 11) is 0. The largest absolute Gasteiger partial charge is 0.462 e. The fourth-order valence-corrected chi connectivity index (χ4v) is 2.20. The van der Waals surface area contributed by atoms with Crippen molar-refractivity contribution in [1.29, 1.82) is 0 Å². The summed E-state index contributed by atoms with van der Waals surface area (Å²) in [6.45, 7) is 4.33. The van der Waals surface area contributed by atoms with Gasteiger partial charge in [0.15, 0.2) is 0 Å². The number of halogens is 1. The molecule has 1 N–H and O–H groups in total. The van der Waals surface area contributed by atoms with E-state index in [4.69, 9.17) is 16.3 Å². The van der Waals surface area contributed by atoms with Crippen LogP contribution in [-0.4, -0.2) is 18.5 Å². The molecule has 0 radical (unpaired) electrons. The summed E-state index contributed by atoms with van der Waals surface area (Å²) in [6.07, 6.45) is 1.82. The maximum atomic E-state index is 12.2. The minimum absolute atomic E-state index is 0.254. The molecule has 0 aliphatic carbocycles. The van der Waals surface area contributed by atoms with Crippen LogP contribution < -0.4 is 5.32 Å². The summed E-state index contributed by atoms with van der Waals surface area (Å²) < 4.78 is 5.14. The third-order valence-electron chi connectivity index (χ3n) is 3.54. The molecule has 2 aromatic rings. The van der Waals surface area contributed by atoms with Crippen LogP contribution >= 0.6 is 11.6 Å². The number of ether oxygens (including phenoxy) is 1. The highest BCUT2D eigenvalue weighted by atomic mass is 35.5. The molecular weight excluding hydrogens is 326 g/mol. The van der Waals surface area contributed by atoms with Crippen LogP contribution in [0.5, 0.6) is 0 Å². The molecule has 0 heterocycles. The number of nitrogens with one attached hydrogen (secondary N) is 1. The van der Waals surface area contributed by atoms with E-state index in [0.717, 1.165) is 18.4 Å². The van der Waals surface area contributed by atoms with Crippen LogP contribution in [0.4, 0.5) is 5.69 Å². The minimum Gasteiger partial charge on any atom is -0.462 e. The van der Waals surface area contributed by atoms with Gasteiger partial charge in [0, 0.05) is 16.3 Å². The SMILES string of the molecule is CCCCOC(=O)c1ccc(NC(=O)c2ccc(C)c(Cl)c2)cc1. The summed E-state index contributed by atoms with van der Waals surface area (Å²) >= 11 is 6.04. The maximum Gasteiger partial charge on any atom is 0.338 e. The van der Waals surface area contributed by atoms with Crippen LogP contribution in [0.25, 0.3) is 0 Å². The number of anilines is 1. The summed E-state index contributed by atoms with van der Waals surface area (Å²) in [4.78, 5) is 24.0. The van der Waals surface area contributed by atoms with Crippen molar-refractivity contribution in [1.82, 2.24) is 0 Å². The molecule has 126 valence electrons. The van der Waals surface area contributed by atoms with Crippen molar-refractivity contribution in [2.75, 3.05) is 11.9 Å². The Morgan fingerprint density at radius 1 is 1.08 bits per heavy atom. The molecule has 2 aromatic carbocycles. The van der Waals surface area contributed by atoms with Gasteiger partial charge >= 0.3 is 5.97 Å². The number of carbonyl (C=O) groups is 2. The van der Waals surface area contributed by atoms with E-state index in [1.54, 1.807) is 42.5 Å². The van der Waals surface area contributed by atoms with Gasteiger partial charge in [0.25, 0.3) is 5.91 Å². The summed E-state index contributed by atoms with van der Waals surface area (Å²) in [5.41, 5.74) is 2.46. The van der Waals surface area contributed by atoms with E-state index in [2.05, 4.69) is 5.32 Å². The molecule has 0 aromatic heterocycles. The molecule has 24 heavy (non-hydrogen) atoms. The molecule has 0 saturated heterocycles. The van der Waals surface area contributed by atoms with Crippen molar-refractivity contribution in [2.45, 2.75) is 26.7 Å². The molecule has 0 saturated carbocycles. The highest BCUT2D eigenvalue weighted by Gasteiger charge is 2.10. The zero-order valence-electron chi connectivity index (χ0n) is 13.8. The third kappa shape index (κ3) is 4.83. The lowest BCUT2D eigenvalue weighted by Crippen LogP contribution is -2.12. The molecular formula is C19H20ClNO3. The maximum absolute atomic E-state index is 12.2. The monoisotopic (exact) mass is 345 g/mol. The molecule has 0 bridgehead atoms. The van der Waals surface area contributed by atoms with Gasteiger partial charge in [0.05, 0.1) is 12.2 Å². The minimum atomic E-state index is -0.355. The Labute approximate surface area is 146 Å². The second-order valence-electron chi connectivity index (χ2n) is 5.48. The van der Waals surface area contributed by atoms with Crippen molar-refractivity contribution >= 4 is 29.2 Å². The van der Waals surface area contributed by atoms with Gasteiger partial charge in [-0.05, 0) is 55.3 Å². The first-order valence-corrected chi connectivity index (χ1v) is 8.23. The Hall–Kier alpha value is -2.33. The molecule has 0 unspecified atom stereocenters. The van der Waals surface area contributed by atoms with Crippen molar-refractivity contribution in [2.24, 2.45) is 0 Å². The Bertz CT molecular complexity index is 726. The van der Waals surface area contributed by atoms with E-state index in [1.165, 1.54) is 0 Å². The molecule has 5 heteroatoms. The first-order valence-electron chi connectivity index (χ1n) is 7.86. The molecule has 4 nitrogen and oxygen atoms in total. The molecule has 1 amide bonds. The van der Waals surface area contributed by atoms with Gasteiger partial charge in [-0.3, -0.25) is 4.79 Å². The van der Waals surface area contributed by atoms with Gasteiger partial charge in [-0.15, -0.1) is 0 Å². The molecule has 0 atom stereocenters. The Morgan fingerprint density at radius 3 is 2.38 bits per heavy atom. The number of unbranched alkanes of at least 4 members (excludes halogenated alkanes) is 1. The number of rotatable bonds is 6. The zero-order valence-corrected chi connectivity index (χ0v) is 14.5. The van der Waals surface area contributed by atoms with Gasteiger partial charge in [0.1, 0.15) is 0 Å². The first-order chi connectivity index (χ1) is 11.5. The number of esters is 1. The van der Waals surface area contributed by atoms with Gasteiger partial charge in [-0.2, -0.15) is 0 Å². The van der Waals surface area contributed by atoms with Crippen molar-refractivity contribution < 1.29 is 14.3 Å². The summed E-state index contributed by atoms with van der Waals surface area (Å²) in [6, 6.07) is 11.8. The molecule has 0 spiro atoms. The van der Waals surface area contributed by atoms with E-state index >= 15 is 0 Å². The standard InChI is InChI=1S/C19H20ClNO3/c1-3-4-11-24-19(23)14-7-9-16(10-8-14)21-18(22)15-6-5-13(2)17(20)12-15/h5-10,12H,3-4,11H2,1-2H3,(H,21,22). The molecule has 2 rings (SSSR count). The van der Waals surface area contributed by atoms with Crippen LogP contribution in [0, 0.1) is 6.92 Å². The smallest absolute Gasteiger partial charge is 0.338 e. The average Bonchev–Trinajstić information content (AvgIpc) is 2.58. The zero-order chi connectivity index (χ0) is 17.5. The first kappa shape index (κ1) is 18.0. The summed E-state index contributed by atoms with van der Waals surface area (Å²) in [5.74, 6) is -0.609. The van der Waals surface area contributed by atoms with Crippen LogP contribution in [0.3, 0.4) is 0 Å². The van der Waals surface area contributed by atoms with Crippen LogP contribution in [0.1, 0.15) is 46.0 Å². The van der Waals surface area contributed by atoms with E-state index in [9.17, 15) is 9.59 Å². The Balaban J connectivity index is 1.99. The van der Waals surface area contributed by atoms with Gasteiger partial charge in [-0.1, -0.05) is 31.0 Å². The highest BCUT2D eigenvalue weighted by molar-refractivity contribution is 6.31. The van der Waals surface area contributed by atoms with E-state index < -0.39 is 0 Å². The number of aryl methyl sites for hydroxylation is 1. The second kappa shape index (κ2) is 8.50. The van der Waals surface area contributed by atoms with Crippen molar-refractivity contribution in [3.05, 3.63) is 64.2 Å². The number of hydrogen-bond acceptors (Lipinski definition) is 3. The van der Waals surface area contributed by atoms with Crippen LogP contribution in [-0.2, 0) is 4.74 Å². The fraction of sp³-hybridized carbons (Fsp3) is 0.263. The van der Waals surface area contributed by atoms with Crippen molar-refractivity contribution in [3.63, 3.8) is 0 Å². The molecule has 0 aliphatic rings. The van der Waals surface area contributed by atoms with Crippen LogP contribution in [0.2, 0.25) is 5.02 Å². The lowest BCUT2D eigenvalue weighted by atomic mass is 10.1. The quantitative estimate of drug-likeness (QED) is 0.601. The predicted octanol–water partition coefficient (Wildman–Crippen LogP) is 4.86. The van der Waals surface area contributed by atoms with E-state index in [0.29, 0.717) is 28.4 Å². The second-order valence-corrected chi connectivity index (χ2v) is 5.89. The van der Waals surface area contributed by atoms with Gasteiger partial charge < -0.3 is 10.1 Å². The predicted molar refractivity (Wildman–Crippen MR) is 95.8 cm³/mol. The number of carbonyl (C=O) groups excluding carboxylic acids is 2. The lowest BCUT2D eigenvalue weighted by molar-refractivity contribution is 0.0499. The van der Waals surface area contributed by atoms with Crippen LogP contribution in [0.15, 0.2) is 42.5 Å². The topological polar surface area (TPSA) is 55.4 Å². The number of amides is 1. The van der Waals surface area contributed by atoms with Crippen molar-refractivity contribution in [3.8, 4) is 0 Å². The summed E-state index contributed by atoms with van der Waals surface area (Å²) in [5, 5.41) is 3.32. The van der Waals surface area contributed by atoms with Gasteiger partial charge in [-0.25, -0.2) is 4.79 Å². The Morgan fingerprint density at radius 2 is 1.75 bits per heavy atom.